The van der Waals surface area contributed by atoms with E-state index in [1.165, 1.54) is 0 Å². The highest BCUT2D eigenvalue weighted by Crippen LogP contribution is 2.18. The van der Waals surface area contributed by atoms with Crippen molar-refractivity contribution in [3.8, 4) is 0 Å². The Kier molecular flexibility index (Phi) is 3.35. The van der Waals surface area contributed by atoms with E-state index < -0.39 is 23.2 Å². The van der Waals surface area contributed by atoms with E-state index in [0.29, 0.717) is 0 Å². The van der Waals surface area contributed by atoms with Crippen LogP contribution >= 0.6 is 0 Å². The zero-order chi connectivity index (χ0) is 9.30. The predicted octanol–water partition coefficient (Wildman–Crippen LogP) is 1.47. The van der Waals surface area contributed by atoms with Gasteiger partial charge in [0.2, 0.25) is 0 Å². The van der Waals surface area contributed by atoms with E-state index >= 15 is 0 Å². The fourth-order valence-electron chi connectivity index (χ4n) is 0.841. The van der Waals surface area contributed by atoms with Gasteiger partial charge in [-0.05, 0) is 12.1 Å². The fourth-order valence-corrected chi connectivity index (χ4v) is 0.841. The Balaban J connectivity index is 0.00000144. The highest BCUT2D eigenvalue weighted by Gasteiger charge is 2.12. The number of nitrogen functional groups attached to an aromatic ring is 2. The Bertz CT molecular complexity index is 336. The molecular formula is C8H11F2N3. The number of hydrogen-bond acceptors (Lipinski definition) is 2. The molecule has 1 aromatic carbocycles. The molecule has 0 aliphatic heterocycles. The van der Waals surface area contributed by atoms with Gasteiger partial charge < -0.3 is 11.5 Å². The number of amidine groups is 1. The SMILES string of the molecule is C.N=C(N)c1c(F)ccc(F)c1N. The van der Waals surface area contributed by atoms with Gasteiger partial charge in [0.15, 0.2) is 0 Å². The molecule has 0 fully saturated rings. The quantitative estimate of drug-likeness (QED) is 0.353. The van der Waals surface area contributed by atoms with Crippen molar-refractivity contribution in [1.82, 2.24) is 0 Å². The van der Waals surface area contributed by atoms with Crippen LogP contribution in [0.25, 0.3) is 0 Å². The monoisotopic (exact) mass is 187 g/mol. The molecule has 0 saturated heterocycles. The number of nitrogens with two attached hydrogens (primary N) is 2. The first-order valence-electron chi connectivity index (χ1n) is 3.12. The van der Waals surface area contributed by atoms with Crippen LogP contribution in [-0.2, 0) is 0 Å². The summed E-state index contributed by atoms with van der Waals surface area (Å²) in [7, 11) is 0. The molecule has 0 atom stereocenters. The van der Waals surface area contributed by atoms with Crippen LogP contribution in [0.2, 0.25) is 0 Å². The summed E-state index contributed by atoms with van der Waals surface area (Å²) in [6.45, 7) is 0. The lowest BCUT2D eigenvalue weighted by atomic mass is 10.1. The average Bonchev–Trinajstić information content (AvgIpc) is 1.97. The molecule has 1 rings (SSSR count). The predicted molar refractivity (Wildman–Crippen MR) is 48.5 cm³/mol. The van der Waals surface area contributed by atoms with E-state index in [1.54, 1.807) is 0 Å². The molecular weight excluding hydrogens is 176 g/mol. The van der Waals surface area contributed by atoms with Crippen LogP contribution in [-0.4, -0.2) is 5.84 Å². The number of nitrogens with one attached hydrogen (secondary N) is 1. The summed E-state index contributed by atoms with van der Waals surface area (Å²) >= 11 is 0. The minimum Gasteiger partial charge on any atom is -0.396 e. The molecule has 1 aromatic rings. The van der Waals surface area contributed by atoms with Gasteiger partial charge in [-0.25, -0.2) is 8.78 Å². The van der Waals surface area contributed by atoms with Gasteiger partial charge in [-0.2, -0.15) is 0 Å². The van der Waals surface area contributed by atoms with E-state index in [2.05, 4.69) is 0 Å². The molecule has 0 aliphatic rings. The largest absolute Gasteiger partial charge is 0.396 e. The van der Waals surface area contributed by atoms with Crippen molar-refractivity contribution in [1.29, 1.82) is 5.41 Å². The summed E-state index contributed by atoms with van der Waals surface area (Å²) in [5.74, 6) is -2.15. The molecule has 0 spiro atoms. The van der Waals surface area contributed by atoms with Crippen LogP contribution in [0.5, 0.6) is 0 Å². The van der Waals surface area contributed by atoms with Gasteiger partial charge in [-0.3, -0.25) is 5.41 Å². The van der Waals surface area contributed by atoms with E-state index in [0.717, 1.165) is 12.1 Å². The van der Waals surface area contributed by atoms with Crippen molar-refractivity contribution in [2.75, 3.05) is 5.73 Å². The Hall–Kier alpha value is -1.65. The van der Waals surface area contributed by atoms with E-state index in [-0.39, 0.29) is 13.0 Å². The van der Waals surface area contributed by atoms with Gasteiger partial charge in [-0.15, -0.1) is 0 Å². The lowest BCUT2D eigenvalue weighted by molar-refractivity contribution is 0.602. The molecule has 0 unspecified atom stereocenters. The maximum Gasteiger partial charge on any atom is 0.147 e. The van der Waals surface area contributed by atoms with E-state index in [4.69, 9.17) is 16.9 Å². The molecule has 0 radical (unpaired) electrons. The van der Waals surface area contributed by atoms with Gasteiger partial charge in [0.1, 0.15) is 17.5 Å². The lowest BCUT2D eigenvalue weighted by Gasteiger charge is -2.04. The van der Waals surface area contributed by atoms with Crippen molar-refractivity contribution in [2.24, 2.45) is 5.73 Å². The first-order chi connectivity index (χ1) is 5.54. The minimum atomic E-state index is -0.790. The van der Waals surface area contributed by atoms with Crippen LogP contribution in [0.3, 0.4) is 0 Å². The first-order valence-corrected chi connectivity index (χ1v) is 3.12. The van der Waals surface area contributed by atoms with Crippen LogP contribution < -0.4 is 11.5 Å². The second-order valence-corrected chi connectivity index (χ2v) is 2.23. The number of anilines is 1. The third-order valence-electron chi connectivity index (χ3n) is 1.41. The Morgan fingerprint density at radius 2 is 1.69 bits per heavy atom. The van der Waals surface area contributed by atoms with Crippen molar-refractivity contribution in [2.45, 2.75) is 7.43 Å². The molecule has 3 nitrogen and oxygen atoms in total. The number of benzene rings is 1. The zero-order valence-corrected chi connectivity index (χ0v) is 6.07. The third-order valence-corrected chi connectivity index (χ3v) is 1.41. The highest BCUT2D eigenvalue weighted by molar-refractivity contribution is 6.00. The molecule has 0 amide bonds. The average molecular weight is 187 g/mol. The Morgan fingerprint density at radius 1 is 1.23 bits per heavy atom. The van der Waals surface area contributed by atoms with E-state index in [9.17, 15) is 8.78 Å². The maximum atomic E-state index is 12.8. The normalized spacial score (nSPS) is 9.08. The summed E-state index contributed by atoms with van der Waals surface area (Å²) in [5.41, 5.74) is 9.32. The second kappa shape index (κ2) is 3.84. The minimum absolute atomic E-state index is 0. The topological polar surface area (TPSA) is 75.9 Å². The number of halogens is 2. The number of hydrogen-bond donors (Lipinski definition) is 3. The third kappa shape index (κ3) is 1.93. The van der Waals surface area contributed by atoms with Gasteiger partial charge in [0, 0.05) is 0 Å². The molecule has 13 heavy (non-hydrogen) atoms. The molecule has 5 N–H and O–H groups in total. The van der Waals surface area contributed by atoms with Crippen LogP contribution in [0.15, 0.2) is 12.1 Å². The summed E-state index contributed by atoms with van der Waals surface area (Å²) in [4.78, 5) is 0. The summed E-state index contributed by atoms with van der Waals surface area (Å²) in [6.07, 6.45) is 0. The summed E-state index contributed by atoms with van der Waals surface area (Å²) < 4.78 is 25.5. The van der Waals surface area contributed by atoms with Gasteiger partial charge in [0.05, 0.1) is 11.3 Å². The smallest absolute Gasteiger partial charge is 0.147 e. The summed E-state index contributed by atoms with van der Waals surface area (Å²) in [5, 5.41) is 6.90. The molecule has 72 valence electrons. The van der Waals surface area contributed by atoms with Crippen molar-refractivity contribution < 1.29 is 8.78 Å². The van der Waals surface area contributed by atoms with Gasteiger partial charge >= 0.3 is 0 Å². The highest BCUT2D eigenvalue weighted by atomic mass is 19.1. The van der Waals surface area contributed by atoms with Crippen LogP contribution in [0, 0.1) is 17.0 Å². The van der Waals surface area contributed by atoms with Crippen molar-refractivity contribution >= 4 is 11.5 Å². The van der Waals surface area contributed by atoms with E-state index in [1.807, 2.05) is 0 Å². The molecule has 0 aliphatic carbocycles. The van der Waals surface area contributed by atoms with Crippen LogP contribution in [0.1, 0.15) is 13.0 Å². The maximum absolute atomic E-state index is 12.8. The molecule has 0 heterocycles. The molecule has 0 bridgehead atoms. The lowest BCUT2D eigenvalue weighted by Crippen LogP contribution is -2.16. The molecule has 0 aromatic heterocycles. The van der Waals surface area contributed by atoms with Crippen molar-refractivity contribution in [3.05, 3.63) is 29.3 Å². The zero-order valence-electron chi connectivity index (χ0n) is 6.07. The molecule has 0 saturated carbocycles. The number of rotatable bonds is 1. The van der Waals surface area contributed by atoms with Gasteiger partial charge in [-0.1, -0.05) is 7.43 Å². The second-order valence-electron chi connectivity index (χ2n) is 2.23. The first kappa shape index (κ1) is 11.4. The van der Waals surface area contributed by atoms with Gasteiger partial charge in [0.25, 0.3) is 0 Å². The Labute approximate surface area is 74.9 Å². The van der Waals surface area contributed by atoms with Crippen molar-refractivity contribution in [3.63, 3.8) is 0 Å². The standard InChI is InChI=1S/C7H7F2N3.CH4/c8-3-1-2-4(9)6(10)5(3)7(11)12;/h1-2H,10H2,(H3,11,12);1H4. The van der Waals surface area contributed by atoms with Crippen LogP contribution in [0.4, 0.5) is 14.5 Å². The molecule has 5 heteroatoms. The Morgan fingerprint density at radius 3 is 2.08 bits per heavy atom. The summed E-state index contributed by atoms with van der Waals surface area (Å²) in [6, 6.07) is 1.76. The fraction of sp³-hybridized carbons (Fsp3) is 0.125.